The number of fused-ring (bicyclic) bond motifs is 6. The minimum absolute atomic E-state index is 0.163. The van der Waals surface area contributed by atoms with Crippen molar-refractivity contribution >= 4 is 56.1 Å². The highest BCUT2D eigenvalue weighted by Crippen LogP contribution is 2.53. The summed E-state index contributed by atoms with van der Waals surface area (Å²) >= 11 is 0. The van der Waals surface area contributed by atoms with E-state index in [2.05, 4.69) is 260 Å². The van der Waals surface area contributed by atoms with Crippen LogP contribution in [-0.2, 0) is 5.41 Å². The lowest BCUT2D eigenvalue weighted by Crippen LogP contribution is -2.17. The lowest BCUT2D eigenvalue weighted by molar-refractivity contribution is 0.660. The van der Waals surface area contributed by atoms with E-state index in [1.807, 2.05) is 6.07 Å². The van der Waals surface area contributed by atoms with E-state index in [0.717, 1.165) is 78.3 Å². The number of hydrogen-bond donors (Lipinski definition) is 0. The molecule has 1 aliphatic rings. The van der Waals surface area contributed by atoms with E-state index in [1.165, 1.54) is 33.4 Å². The zero-order valence-electron chi connectivity index (χ0n) is 36.9. The lowest BCUT2D eigenvalue weighted by atomic mass is 9.82. The van der Waals surface area contributed by atoms with Crippen molar-refractivity contribution in [3.8, 4) is 44.5 Å². The first kappa shape index (κ1) is 39.2. The lowest BCUT2D eigenvalue weighted by Gasteiger charge is -2.32. The third-order valence-electron chi connectivity index (χ3n) is 13.5. The summed E-state index contributed by atoms with van der Waals surface area (Å²) in [5.41, 5.74) is 20.0. The average molecular weight is 847 g/mol. The molecule has 1 aromatic heterocycles. The predicted octanol–water partition coefficient (Wildman–Crippen LogP) is 17.8. The van der Waals surface area contributed by atoms with Crippen molar-refractivity contribution in [1.29, 1.82) is 0 Å². The third-order valence-corrected chi connectivity index (χ3v) is 13.5. The van der Waals surface area contributed by atoms with Crippen LogP contribution in [0.2, 0.25) is 0 Å². The molecule has 1 aliphatic carbocycles. The molecule has 0 N–H and O–H groups in total. The standard InChI is InChI=1S/C63H46N2O/c1-63(2)56-30-13-9-25-50(56)51-40-39-49(42-57(51)63)64(47-37-35-45(36-38-47)43-19-5-3-6-20-43)58-31-14-10-26-52(58)53-27-11-15-32-59(53)65(48-24-17-23-46(41-48)44-21-7-4-8-22-44)60-33-18-29-55-54-28-12-16-34-61(54)66-62(55)60/h3-42H,1-2H3. The number of anilines is 6. The number of furan rings is 1. The summed E-state index contributed by atoms with van der Waals surface area (Å²) in [6.45, 7) is 4.71. The summed E-state index contributed by atoms with van der Waals surface area (Å²) in [5, 5.41) is 2.18. The molecule has 0 fully saturated rings. The van der Waals surface area contributed by atoms with Gasteiger partial charge in [-0.15, -0.1) is 0 Å². The van der Waals surface area contributed by atoms with Crippen molar-refractivity contribution in [3.05, 3.63) is 254 Å². The maximum atomic E-state index is 6.81. The molecule has 12 rings (SSSR count). The van der Waals surface area contributed by atoms with E-state index < -0.39 is 0 Å². The van der Waals surface area contributed by atoms with Gasteiger partial charge in [0.15, 0.2) is 5.58 Å². The number of benzene rings is 10. The van der Waals surface area contributed by atoms with Crippen LogP contribution in [0.3, 0.4) is 0 Å². The summed E-state index contributed by atoms with van der Waals surface area (Å²) in [5.74, 6) is 0. The van der Waals surface area contributed by atoms with Gasteiger partial charge in [-0.05, 0) is 105 Å². The first-order valence-corrected chi connectivity index (χ1v) is 22.8. The fourth-order valence-electron chi connectivity index (χ4n) is 10.3. The van der Waals surface area contributed by atoms with Gasteiger partial charge >= 0.3 is 0 Å². The molecule has 0 saturated heterocycles. The van der Waals surface area contributed by atoms with E-state index >= 15 is 0 Å². The minimum atomic E-state index is -0.163. The predicted molar refractivity (Wildman–Crippen MR) is 277 cm³/mol. The van der Waals surface area contributed by atoms with Gasteiger partial charge in [-0.2, -0.15) is 0 Å². The molecule has 3 heteroatoms. The Balaban J connectivity index is 1.08. The van der Waals surface area contributed by atoms with E-state index in [0.29, 0.717) is 0 Å². The van der Waals surface area contributed by atoms with Crippen LogP contribution in [0.5, 0.6) is 0 Å². The Morgan fingerprint density at radius 1 is 0.318 bits per heavy atom. The molecule has 1 heterocycles. The van der Waals surface area contributed by atoms with Crippen molar-refractivity contribution in [2.75, 3.05) is 9.80 Å². The van der Waals surface area contributed by atoms with E-state index in [4.69, 9.17) is 4.42 Å². The fourth-order valence-corrected chi connectivity index (χ4v) is 10.3. The van der Waals surface area contributed by atoms with E-state index in [9.17, 15) is 0 Å². The summed E-state index contributed by atoms with van der Waals surface area (Å²) in [4.78, 5) is 4.83. The molecule has 10 aromatic carbocycles. The third kappa shape index (κ3) is 6.59. The molecule has 11 aromatic rings. The second-order valence-corrected chi connectivity index (χ2v) is 17.7. The SMILES string of the molecule is CC1(C)c2ccccc2-c2ccc(N(c3ccc(-c4ccccc4)cc3)c3ccccc3-c3ccccc3N(c3cccc(-c4ccccc4)c3)c3cccc4c3oc3ccccc34)cc21. The number of rotatable bonds is 9. The molecule has 314 valence electrons. The average Bonchev–Trinajstić information content (AvgIpc) is 3.87. The van der Waals surface area contributed by atoms with Crippen LogP contribution in [0.15, 0.2) is 247 Å². The Kier molecular flexibility index (Phi) is 9.50. The minimum Gasteiger partial charge on any atom is -0.454 e. The molecule has 0 radical (unpaired) electrons. The molecule has 0 unspecified atom stereocenters. The number of hydrogen-bond acceptors (Lipinski definition) is 3. The molecular formula is C63H46N2O. The van der Waals surface area contributed by atoms with Crippen LogP contribution < -0.4 is 9.80 Å². The Bertz CT molecular complexity index is 3570. The van der Waals surface area contributed by atoms with Crippen LogP contribution in [0.25, 0.3) is 66.4 Å². The topological polar surface area (TPSA) is 19.6 Å². The fraction of sp³-hybridized carbons (Fsp3) is 0.0476. The van der Waals surface area contributed by atoms with Gasteiger partial charge in [0, 0.05) is 44.4 Å². The maximum absolute atomic E-state index is 6.81. The zero-order valence-corrected chi connectivity index (χ0v) is 36.9. The summed E-state index contributed by atoms with van der Waals surface area (Å²) in [6, 6.07) is 87.6. The molecule has 0 amide bonds. The van der Waals surface area contributed by atoms with Crippen LogP contribution >= 0.6 is 0 Å². The van der Waals surface area contributed by atoms with Crippen molar-refractivity contribution in [2.45, 2.75) is 19.3 Å². The molecule has 0 spiro atoms. The van der Waals surface area contributed by atoms with E-state index in [-0.39, 0.29) is 5.41 Å². The zero-order chi connectivity index (χ0) is 44.2. The number of nitrogens with zero attached hydrogens (tertiary/aromatic N) is 2. The Hall–Kier alpha value is -8.40. The van der Waals surface area contributed by atoms with Crippen LogP contribution in [0.1, 0.15) is 25.0 Å². The van der Waals surface area contributed by atoms with Gasteiger partial charge in [0.1, 0.15) is 5.58 Å². The van der Waals surface area contributed by atoms with Gasteiger partial charge < -0.3 is 14.2 Å². The Morgan fingerprint density at radius 3 is 1.56 bits per heavy atom. The smallest absolute Gasteiger partial charge is 0.159 e. The Labute approximate surface area is 386 Å². The van der Waals surface area contributed by atoms with Gasteiger partial charge in [-0.3, -0.25) is 0 Å². The normalized spacial score (nSPS) is 12.5. The summed E-state index contributed by atoms with van der Waals surface area (Å²) < 4.78 is 6.81. The Morgan fingerprint density at radius 2 is 0.818 bits per heavy atom. The summed E-state index contributed by atoms with van der Waals surface area (Å²) in [7, 11) is 0. The highest BCUT2D eigenvalue weighted by Gasteiger charge is 2.36. The van der Waals surface area contributed by atoms with Gasteiger partial charge in [-0.25, -0.2) is 0 Å². The first-order valence-electron chi connectivity index (χ1n) is 22.8. The van der Waals surface area contributed by atoms with Crippen molar-refractivity contribution in [2.24, 2.45) is 0 Å². The quantitative estimate of drug-likeness (QED) is 0.144. The molecule has 0 bridgehead atoms. The highest BCUT2D eigenvalue weighted by atomic mass is 16.3. The van der Waals surface area contributed by atoms with Crippen LogP contribution in [0, 0.1) is 0 Å². The maximum Gasteiger partial charge on any atom is 0.159 e. The molecular weight excluding hydrogens is 801 g/mol. The van der Waals surface area contributed by atoms with Gasteiger partial charge in [-0.1, -0.05) is 196 Å². The van der Waals surface area contributed by atoms with Gasteiger partial charge in [0.05, 0.1) is 17.1 Å². The van der Waals surface area contributed by atoms with Crippen LogP contribution in [0.4, 0.5) is 34.1 Å². The van der Waals surface area contributed by atoms with Crippen molar-refractivity contribution in [1.82, 2.24) is 0 Å². The van der Waals surface area contributed by atoms with Gasteiger partial charge in [0.2, 0.25) is 0 Å². The van der Waals surface area contributed by atoms with Gasteiger partial charge in [0.25, 0.3) is 0 Å². The second-order valence-electron chi connectivity index (χ2n) is 17.7. The summed E-state index contributed by atoms with van der Waals surface area (Å²) in [6.07, 6.45) is 0. The first-order chi connectivity index (χ1) is 32.5. The molecule has 0 saturated carbocycles. The largest absolute Gasteiger partial charge is 0.454 e. The molecule has 3 nitrogen and oxygen atoms in total. The molecule has 0 aliphatic heterocycles. The molecule has 0 atom stereocenters. The number of para-hydroxylation sites is 4. The molecule has 66 heavy (non-hydrogen) atoms. The second kappa shape index (κ2) is 16.0. The van der Waals surface area contributed by atoms with Crippen molar-refractivity contribution < 1.29 is 4.42 Å². The van der Waals surface area contributed by atoms with Crippen molar-refractivity contribution in [3.63, 3.8) is 0 Å². The monoisotopic (exact) mass is 846 g/mol. The van der Waals surface area contributed by atoms with Crippen LogP contribution in [-0.4, -0.2) is 0 Å². The highest BCUT2D eigenvalue weighted by molar-refractivity contribution is 6.11. The van der Waals surface area contributed by atoms with E-state index in [1.54, 1.807) is 0 Å².